The van der Waals surface area contributed by atoms with Crippen molar-refractivity contribution in [3.63, 3.8) is 0 Å². The summed E-state index contributed by atoms with van der Waals surface area (Å²) in [7, 11) is 0. The zero-order valence-corrected chi connectivity index (χ0v) is 15.3. The molecule has 0 saturated carbocycles. The van der Waals surface area contributed by atoms with Gasteiger partial charge in [-0.3, -0.25) is 9.47 Å². The molecular weight excluding hydrogens is 340 g/mol. The maximum Gasteiger partial charge on any atom is 0.349 e. The zero-order valence-electron chi connectivity index (χ0n) is 15.3. The molecule has 7 nitrogen and oxygen atoms in total. The molecule has 2 aromatic heterocycles. The fourth-order valence-corrected chi connectivity index (χ4v) is 4.21. The van der Waals surface area contributed by atoms with E-state index >= 15 is 0 Å². The highest BCUT2D eigenvalue weighted by atomic mass is 16.1. The first-order chi connectivity index (χ1) is 13.1. The minimum absolute atomic E-state index is 0.188. The Morgan fingerprint density at radius 2 is 1.81 bits per heavy atom. The van der Waals surface area contributed by atoms with E-state index in [1.807, 2.05) is 42.6 Å². The Balaban J connectivity index is 1.39. The predicted molar refractivity (Wildman–Crippen MR) is 106 cm³/mol. The number of hydrogen-bond donors (Lipinski definition) is 1. The van der Waals surface area contributed by atoms with Gasteiger partial charge in [0.05, 0.1) is 12.1 Å². The number of hydrogen-bond acceptors (Lipinski definition) is 6. The third kappa shape index (κ3) is 2.66. The summed E-state index contributed by atoms with van der Waals surface area (Å²) < 4.78 is 1.77. The number of benzene rings is 1. The van der Waals surface area contributed by atoms with Crippen LogP contribution in [-0.4, -0.2) is 51.3 Å². The Bertz CT molecular complexity index is 1040. The number of pyridine rings is 1. The molecule has 27 heavy (non-hydrogen) atoms. The SMILES string of the molecule is CC1(N2CCN(c3ccccn3)CC2)Cn2c(c3ccccc3nc2=O)N1. The molecule has 7 heteroatoms. The molecule has 5 rings (SSSR count). The monoisotopic (exact) mass is 362 g/mol. The van der Waals surface area contributed by atoms with E-state index in [2.05, 4.69) is 38.1 Å². The van der Waals surface area contributed by atoms with Crippen molar-refractivity contribution < 1.29 is 0 Å². The van der Waals surface area contributed by atoms with Crippen molar-refractivity contribution in [1.82, 2.24) is 19.4 Å². The average molecular weight is 362 g/mol. The Labute approximate surface area is 157 Å². The molecule has 1 N–H and O–H groups in total. The lowest BCUT2D eigenvalue weighted by Crippen LogP contribution is -2.59. The third-order valence-corrected chi connectivity index (χ3v) is 5.68. The van der Waals surface area contributed by atoms with E-state index in [-0.39, 0.29) is 11.4 Å². The average Bonchev–Trinajstić information content (AvgIpc) is 3.09. The quantitative estimate of drug-likeness (QED) is 0.749. The summed E-state index contributed by atoms with van der Waals surface area (Å²) in [5, 5.41) is 4.63. The van der Waals surface area contributed by atoms with Crippen LogP contribution in [0, 0.1) is 0 Å². The summed E-state index contributed by atoms with van der Waals surface area (Å²) in [5.41, 5.74) is 0.256. The molecule has 1 saturated heterocycles. The molecule has 138 valence electrons. The molecule has 0 bridgehead atoms. The number of para-hydroxylation sites is 1. The largest absolute Gasteiger partial charge is 0.354 e. The van der Waals surface area contributed by atoms with Crippen LogP contribution in [0.3, 0.4) is 0 Å². The maximum absolute atomic E-state index is 12.5. The molecule has 2 aliphatic rings. The second-order valence-corrected chi connectivity index (χ2v) is 7.41. The van der Waals surface area contributed by atoms with Gasteiger partial charge >= 0.3 is 5.69 Å². The lowest BCUT2D eigenvalue weighted by molar-refractivity contribution is 0.114. The standard InChI is InChI=1S/C20H22N6O/c1-20(25-12-10-24(11-13-25)17-8-4-5-9-21-17)14-26-18(23-20)15-6-2-3-7-16(15)22-19(26)27/h2-9,23H,10-14H2,1H3. The number of piperazine rings is 1. The smallest absolute Gasteiger partial charge is 0.349 e. The van der Waals surface area contributed by atoms with E-state index in [4.69, 9.17) is 0 Å². The minimum Gasteiger partial charge on any atom is -0.354 e. The molecule has 1 fully saturated rings. The van der Waals surface area contributed by atoms with Crippen LogP contribution >= 0.6 is 0 Å². The van der Waals surface area contributed by atoms with Gasteiger partial charge in [0, 0.05) is 37.8 Å². The maximum atomic E-state index is 12.5. The lowest BCUT2D eigenvalue weighted by atomic mass is 10.1. The number of anilines is 2. The highest BCUT2D eigenvalue weighted by Gasteiger charge is 2.40. The van der Waals surface area contributed by atoms with Gasteiger partial charge in [0.25, 0.3) is 0 Å². The second-order valence-electron chi connectivity index (χ2n) is 7.41. The molecule has 0 aliphatic carbocycles. The Morgan fingerprint density at radius 1 is 1.04 bits per heavy atom. The summed E-state index contributed by atoms with van der Waals surface area (Å²) in [6, 6.07) is 13.8. The number of fused-ring (bicyclic) bond motifs is 3. The second kappa shape index (κ2) is 6.06. The molecule has 4 heterocycles. The van der Waals surface area contributed by atoms with Crippen molar-refractivity contribution in [2.24, 2.45) is 0 Å². The van der Waals surface area contributed by atoms with Crippen LogP contribution in [-0.2, 0) is 6.54 Å². The molecular formula is C20H22N6O. The van der Waals surface area contributed by atoms with Crippen LogP contribution in [0.1, 0.15) is 6.92 Å². The molecule has 0 amide bonds. The first kappa shape index (κ1) is 16.3. The molecule has 1 aromatic carbocycles. The van der Waals surface area contributed by atoms with Crippen molar-refractivity contribution in [3.8, 4) is 0 Å². The fourth-order valence-electron chi connectivity index (χ4n) is 4.21. The highest BCUT2D eigenvalue weighted by Crippen LogP contribution is 2.33. The molecule has 1 atom stereocenters. The predicted octanol–water partition coefficient (Wildman–Crippen LogP) is 1.76. The summed E-state index contributed by atoms with van der Waals surface area (Å²) in [5.74, 6) is 1.90. The van der Waals surface area contributed by atoms with Crippen LogP contribution in [0.15, 0.2) is 53.5 Å². The first-order valence-corrected chi connectivity index (χ1v) is 9.33. The highest BCUT2D eigenvalue weighted by molar-refractivity contribution is 5.89. The van der Waals surface area contributed by atoms with E-state index < -0.39 is 0 Å². The van der Waals surface area contributed by atoms with Gasteiger partial charge in [0.2, 0.25) is 0 Å². The Kier molecular flexibility index (Phi) is 3.65. The fraction of sp³-hybridized carbons (Fsp3) is 0.350. The van der Waals surface area contributed by atoms with Gasteiger partial charge in [-0.25, -0.2) is 9.78 Å². The van der Waals surface area contributed by atoms with E-state index in [0.717, 1.165) is 48.7 Å². The van der Waals surface area contributed by atoms with Gasteiger partial charge in [-0.15, -0.1) is 0 Å². The van der Waals surface area contributed by atoms with E-state index in [0.29, 0.717) is 6.54 Å². The molecule has 0 radical (unpaired) electrons. The van der Waals surface area contributed by atoms with Crippen molar-refractivity contribution in [3.05, 3.63) is 59.1 Å². The van der Waals surface area contributed by atoms with Crippen molar-refractivity contribution in [1.29, 1.82) is 0 Å². The molecule has 1 unspecified atom stereocenters. The Morgan fingerprint density at radius 3 is 2.59 bits per heavy atom. The number of aromatic nitrogens is 3. The molecule has 2 aliphatic heterocycles. The Hall–Kier alpha value is -2.93. The normalized spacial score (nSPS) is 22.6. The van der Waals surface area contributed by atoms with Gasteiger partial charge in [-0.05, 0) is 31.2 Å². The van der Waals surface area contributed by atoms with Crippen LogP contribution in [0.4, 0.5) is 11.6 Å². The van der Waals surface area contributed by atoms with E-state index in [9.17, 15) is 4.79 Å². The molecule has 0 spiro atoms. The van der Waals surface area contributed by atoms with Gasteiger partial charge in [-0.1, -0.05) is 18.2 Å². The van der Waals surface area contributed by atoms with Crippen molar-refractivity contribution in [2.45, 2.75) is 19.1 Å². The lowest BCUT2D eigenvalue weighted by Gasteiger charge is -2.44. The summed E-state index contributed by atoms with van der Waals surface area (Å²) >= 11 is 0. The summed E-state index contributed by atoms with van der Waals surface area (Å²) in [6.07, 6.45) is 1.84. The summed E-state index contributed by atoms with van der Waals surface area (Å²) in [6.45, 7) is 6.42. The van der Waals surface area contributed by atoms with E-state index in [1.165, 1.54) is 0 Å². The van der Waals surface area contributed by atoms with Crippen LogP contribution in [0.2, 0.25) is 0 Å². The van der Waals surface area contributed by atoms with Crippen molar-refractivity contribution in [2.75, 3.05) is 36.4 Å². The van der Waals surface area contributed by atoms with Gasteiger partial charge < -0.3 is 10.2 Å². The number of rotatable bonds is 2. The van der Waals surface area contributed by atoms with Gasteiger partial charge in [-0.2, -0.15) is 4.98 Å². The van der Waals surface area contributed by atoms with Crippen LogP contribution in [0.25, 0.3) is 10.9 Å². The van der Waals surface area contributed by atoms with Crippen LogP contribution in [0.5, 0.6) is 0 Å². The number of nitrogens with zero attached hydrogens (tertiary/aromatic N) is 5. The zero-order chi connectivity index (χ0) is 18.4. The minimum atomic E-state index is -0.297. The van der Waals surface area contributed by atoms with Gasteiger partial charge in [0.1, 0.15) is 17.3 Å². The number of nitrogens with one attached hydrogen (secondary N) is 1. The van der Waals surface area contributed by atoms with Crippen molar-refractivity contribution >= 4 is 22.5 Å². The first-order valence-electron chi connectivity index (χ1n) is 9.33. The molecule has 3 aromatic rings. The van der Waals surface area contributed by atoms with Gasteiger partial charge in [0.15, 0.2) is 0 Å². The third-order valence-electron chi connectivity index (χ3n) is 5.68. The van der Waals surface area contributed by atoms with E-state index in [1.54, 1.807) is 4.57 Å². The summed E-state index contributed by atoms with van der Waals surface area (Å²) in [4.78, 5) is 25.9. The topological polar surface area (TPSA) is 66.3 Å². The van der Waals surface area contributed by atoms with Crippen LogP contribution < -0.4 is 15.9 Å².